The molecule has 1 fully saturated rings. The van der Waals surface area contributed by atoms with Gasteiger partial charge in [0.2, 0.25) is 5.78 Å². The van der Waals surface area contributed by atoms with Gasteiger partial charge in [0.05, 0.1) is 12.2 Å². The molecule has 0 amide bonds. The van der Waals surface area contributed by atoms with Crippen molar-refractivity contribution in [3.05, 3.63) is 47.7 Å². The lowest BCUT2D eigenvalue weighted by molar-refractivity contribution is -0.149. The summed E-state index contributed by atoms with van der Waals surface area (Å²) >= 11 is 0. The highest BCUT2D eigenvalue weighted by molar-refractivity contribution is 6.24. The molecule has 5 heteroatoms. The second-order valence-electron chi connectivity index (χ2n) is 4.09. The van der Waals surface area contributed by atoms with Gasteiger partial charge < -0.3 is 5.11 Å². The Morgan fingerprint density at radius 1 is 1.22 bits per heavy atom. The highest BCUT2D eigenvalue weighted by atomic mass is 19.3. The minimum atomic E-state index is -3.68. The van der Waals surface area contributed by atoms with Crippen molar-refractivity contribution in [2.24, 2.45) is 0 Å². The standard InChI is InChI=1S/C13H10F2O3/c14-13(15)10(8-4-2-1-3-5-8)6-11(17)9(7-16)12(13)18/h1-5,7,10,16H,6H2. The third kappa shape index (κ3) is 1.81. The lowest BCUT2D eigenvalue weighted by Crippen LogP contribution is -2.44. The summed E-state index contributed by atoms with van der Waals surface area (Å²) in [7, 11) is 0. The van der Waals surface area contributed by atoms with Crippen molar-refractivity contribution in [2.75, 3.05) is 0 Å². The highest BCUT2D eigenvalue weighted by Crippen LogP contribution is 2.42. The van der Waals surface area contributed by atoms with Gasteiger partial charge in [-0.3, -0.25) is 9.59 Å². The van der Waals surface area contributed by atoms with E-state index >= 15 is 0 Å². The van der Waals surface area contributed by atoms with Gasteiger partial charge in [-0.15, -0.1) is 0 Å². The van der Waals surface area contributed by atoms with Crippen LogP contribution in [0.3, 0.4) is 0 Å². The molecule has 1 saturated carbocycles. The third-order valence-corrected chi connectivity index (χ3v) is 3.01. The zero-order valence-electron chi connectivity index (χ0n) is 9.27. The number of rotatable bonds is 1. The molecule has 18 heavy (non-hydrogen) atoms. The van der Waals surface area contributed by atoms with Crippen molar-refractivity contribution in [2.45, 2.75) is 18.3 Å². The van der Waals surface area contributed by atoms with E-state index in [2.05, 4.69) is 0 Å². The second-order valence-corrected chi connectivity index (χ2v) is 4.09. The van der Waals surface area contributed by atoms with Crippen LogP contribution in [0.2, 0.25) is 0 Å². The van der Waals surface area contributed by atoms with Gasteiger partial charge in [0.25, 0.3) is 0 Å². The van der Waals surface area contributed by atoms with Crippen LogP contribution in [0.15, 0.2) is 42.2 Å². The maximum absolute atomic E-state index is 13.9. The summed E-state index contributed by atoms with van der Waals surface area (Å²) < 4.78 is 27.8. The first-order chi connectivity index (χ1) is 8.48. The molecule has 0 radical (unpaired) electrons. The average Bonchev–Trinajstić information content (AvgIpc) is 2.36. The molecular formula is C13H10F2O3. The monoisotopic (exact) mass is 252 g/mol. The number of hydrogen-bond acceptors (Lipinski definition) is 3. The number of alkyl halides is 2. The molecule has 0 saturated heterocycles. The smallest absolute Gasteiger partial charge is 0.317 e. The number of carbonyl (C=O) groups excluding carboxylic acids is 2. The molecule has 0 aromatic heterocycles. The molecule has 2 rings (SSSR count). The lowest BCUT2D eigenvalue weighted by Gasteiger charge is -2.30. The molecular weight excluding hydrogens is 242 g/mol. The SMILES string of the molecule is O=C1CC(c2ccccc2)C(F)(F)C(=O)C1=CO. The van der Waals surface area contributed by atoms with Gasteiger partial charge in [-0.2, -0.15) is 8.78 Å². The number of halogens is 2. The van der Waals surface area contributed by atoms with Crippen molar-refractivity contribution < 1.29 is 23.5 Å². The first-order valence-corrected chi connectivity index (χ1v) is 5.33. The molecule has 0 heterocycles. The number of carbonyl (C=O) groups is 2. The topological polar surface area (TPSA) is 54.4 Å². The molecule has 3 nitrogen and oxygen atoms in total. The van der Waals surface area contributed by atoms with Gasteiger partial charge in [0, 0.05) is 6.42 Å². The van der Waals surface area contributed by atoms with Crippen LogP contribution in [0, 0.1) is 0 Å². The van der Waals surface area contributed by atoms with Crippen LogP contribution in [-0.2, 0) is 9.59 Å². The summed E-state index contributed by atoms with van der Waals surface area (Å²) in [6.07, 6.45) is -0.324. The fourth-order valence-electron chi connectivity index (χ4n) is 2.03. The molecule has 1 N–H and O–H groups in total. The van der Waals surface area contributed by atoms with Crippen LogP contribution in [-0.4, -0.2) is 22.6 Å². The number of hydrogen-bond donors (Lipinski definition) is 1. The Kier molecular flexibility index (Phi) is 2.98. The van der Waals surface area contributed by atoms with Crippen LogP contribution >= 0.6 is 0 Å². The van der Waals surface area contributed by atoms with E-state index < -0.39 is 35.4 Å². The zero-order valence-corrected chi connectivity index (χ0v) is 9.27. The number of aliphatic hydroxyl groups is 1. The predicted octanol–water partition coefficient (Wildman–Crippen LogP) is 2.39. The van der Waals surface area contributed by atoms with Crippen molar-refractivity contribution in [3.63, 3.8) is 0 Å². The molecule has 1 aliphatic rings. The predicted molar refractivity (Wildman–Crippen MR) is 59.5 cm³/mol. The Labute approximate surface area is 102 Å². The highest BCUT2D eigenvalue weighted by Gasteiger charge is 2.54. The minimum absolute atomic E-state index is 0.166. The maximum Gasteiger partial charge on any atom is 0.317 e. The van der Waals surface area contributed by atoms with Gasteiger partial charge in [0.1, 0.15) is 5.57 Å². The Morgan fingerprint density at radius 2 is 1.83 bits per heavy atom. The lowest BCUT2D eigenvalue weighted by atomic mass is 9.77. The molecule has 1 unspecified atom stereocenters. The van der Waals surface area contributed by atoms with Gasteiger partial charge in [-0.05, 0) is 5.56 Å². The molecule has 0 bridgehead atoms. The number of aliphatic hydroxyl groups excluding tert-OH is 1. The molecule has 1 aromatic carbocycles. The van der Waals surface area contributed by atoms with E-state index in [0.717, 1.165) is 0 Å². The van der Waals surface area contributed by atoms with Crippen molar-refractivity contribution >= 4 is 11.6 Å². The van der Waals surface area contributed by atoms with E-state index in [1.54, 1.807) is 18.2 Å². The second kappa shape index (κ2) is 4.33. The summed E-state index contributed by atoms with van der Waals surface area (Å²) in [4.78, 5) is 23.0. The summed E-state index contributed by atoms with van der Waals surface area (Å²) in [5.74, 6) is -7.52. The fourth-order valence-corrected chi connectivity index (χ4v) is 2.03. The zero-order chi connectivity index (χ0) is 13.3. The van der Waals surface area contributed by atoms with Gasteiger partial charge in [-0.1, -0.05) is 30.3 Å². The van der Waals surface area contributed by atoms with Crippen LogP contribution in [0.1, 0.15) is 17.9 Å². The van der Waals surface area contributed by atoms with Crippen LogP contribution < -0.4 is 0 Å². The summed E-state index contributed by atoms with van der Waals surface area (Å²) in [6.45, 7) is 0. The van der Waals surface area contributed by atoms with Crippen LogP contribution in [0.4, 0.5) is 8.78 Å². The number of Topliss-reactive ketones (excluding diaryl/α,β-unsaturated/α-hetero) is 2. The number of ketones is 2. The Hall–Kier alpha value is -2.04. The van der Waals surface area contributed by atoms with E-state index in [4.69, 9.17) is 5.11 Å². The molecule has 1 aromatic rings. The summed E-state index contributed by atoms with van der Waals surface area (Å²) in [5, 5.41) is 8.68. The van der Waals surface area contributed by atoms with Gasteiger partial charge >= 0.3 is 5.92 Å². The van der Waals surface area contributed by atoms with Crippen LogP contribution in [0.5, 0.6) is 0 Å². The third-order valence-electron chi connectivity index (χ3n) is 3.01. The number of allylic oxidation sites excluding steroid dienone is 1. The first-order valence-electron chi connectivity index (χ1n) is 5.33. The quantitative estimate of drug-likeness (QED) is 0.474. The average molecular weight is 252 g/mol. The van der Waals surface area contributed by atoms with Crippen molar-refractivity contribution in [1.29, 1.82) is 0 Å². The van der Waals surface area contributed by atoms with Gasteiger partial charge in [-0.25, -0.2) is 0 Å². The van der Waals surface area contributed by atoms with E-state index in [0.29, 0.717) is 0 Å². The Bertz CT molecular complexity index is 520. The minimum Gasteiger partial charge on any atom is -0.515 e. The maximum atomic E-state index is 13.9. The molecule has 1 atom stereocenters. The van der Waals surface area contributed by atoms with E-state index in [9.17, 15) is 18.4 Å². The number of benzene rings is 1. The van der Waals surface area contributed by atoms with E-state index in [1.807, 2.05) is 0 Å². The summed E-state index contributed by atoms with van der Waals surface area (Å²) in [5.41, 5.74) is -0.589. The fraction of sp³-hybridized carbons (Fsp3) is 0.231. The summed E-state index contributed by atoms with van der Waals surface area (Å²) in [6, 6.07) is 7.70. The Balaban J connectivity index is 2.45. The van der Waals surface area contributed by atoms with Crippen molar-refractivity contribution in [1.82, 2.24) is 0 Å². The molecule has 1 aliphatic carbocycles. The van der Waals surface area contributed by atoms with Crippen LogP contribution in [0.25, 0.3) is 0 Å². The normalized spacial score (nSPS) is 25.4. The van der Waals surface area contributed by atoms with E-state index in [1.165, 1.54) is 12.1 Å². The first kappa shape index (κ1) is 12.4. The van der Waals surface area contributed by atoms with Crippen molar-refractivity contribution in [3.8, 4) is 0 Å². The molecule has 94 valence electrons. The molecule has 0 spiro atoms. The van der Waals surface area contributed by atoms with E-state index in [-0.39, 0.29) is 11.8 Å². The molecule has 0 aliphatic heterocycles. The van der Waals surface area contributed by atoms with Gasteiger partial charge in [0.15, 0.2) is 5.78 Å². The largest absolute Gasteiger partial charge is 0.515 e. The Morgan fingerprint density at radius 3 is 2.39 bits per heavy atom.